The van der Waals surface area contributed by atoms with E-state index in [4.69, 9.17) is 4.74 Å². The van der Waals surface area contributed by atoms with Crippen LogP contribution in [-0.4, -0.2) is 57.7 Å². The second-order valence-corrected chi connectivity index (χ2v) is 7.79. The van der Waals surface area contributed by atoms with Gasteiger partial charge in [-0.3, -0.25) is 4.79 Å². The Morgan fingerprint density at radius 2 is 1.79 bits per heavy atom. The van der Waals surface area contributed by atoms with Gasteiger partial charge in [0.2, 0.25) is 0 Å². The van der Waals surface area contributed by atoms with Crippen molar-refractivity contribution < 1.29 is 14.4 Å². The molecule has 0 bridgehead atoms. The van der Waals surface area contributed by atoms with Gasteiger partial charge >= 0.3 is 0 Å². The number of piperazine rings is 1. The number of carbonyl (C=O) groups is 1. The Hall–Kier alpha value is -2.53. The van der Waals surface area contributed by atoms with Gasteiger partial charge in [-0.05, 0) is 49.2 Å². The van der Waals surface area contributed by atoms with Gasteiger partial charge in [-0.15, -0.1) is 0 Å². The average Bonchev–Trinajstić information content (AvgIpc) is 2.70. The van der Waals surface area contributed by atoms with E-state index >= 15 is 0 Å². The van der Waals surface area contributed by atoms with Crippen molar-refractivity contribution in [3.8, 4) is 5.75 Å². The lowest BCUT2D eigenvalue weighted by Crippen LogP contribution is -3.15. The zero-order valence-electron chi connectivity index (χ0n) is 17.5. The van der Waals surface area contributed by atoms with Crippen molar-refractivity contribution in [2.45, 2.75) is 20.4 Å². The molecule has 0 unspecified atom stereocenters. The Morgan fingerprint density at radius 3 is 2.39 bits per heavy atom. The van der Waals surface area contributed by atoms with Gasteiger partial charge in [-0.1, -0.05) is 23.8 Å². The number of methoxy groups -OCH3 is 1. The van der Waals surface area contributed by atoms with Crippen molar-refractivity contribution in [2.75, 3.05) is 51.8 Å². The maximum atomic E-state index is 12.7. The number of ether oxygens (including phenoxy) is 1. The first kappa shape index (κ1) is 20.2. The van der Waals surface area contributed by atoms with E-state index in [0.717, 1.165) is 31.9 Å². The molecule has 3 rings (SSSR count). The lowest BCUT2D eigenvalue weighted by molar-refractivity contribution is -0.892. The van der Waals surface area contributed by atoms with E-state index in [1.54, 1.807) is 7.11 Å². The first-order valence-corrected chi connectivity index (χ1v) is 9.99. The minimum absolute atomic E-state index is 0.216. The Balaban J connectivity index is 1.48. The Kier molecular flexibility index (Phi) is 6.57. The number of benzene rings is 2. The van der Waals surface area contributed by atoms with Gasteiger partial charge in [-0.2, -0.15) is 0 Å². The van der Waals surface area contributed by atoms with Crippen molar-refractivity contribution in [3.63, 3.8) is 0 Å². The van der Waals surface area contributed by atoms with Gasteiger partial charge in [0.15, 0.2) is 6.54 Å². The smallest absolute Gasteiger partial charge is 0.277 e. The molecule has 2 aromatic rings. The second kappa shape index (κ2) is 9.11. The van der Waals surface area contributed by atoms with Crippen molar-refractivity contribution in [1.29, 1.82) is 0 Å². The molecule has 1 fully saturated rings. The molecule has 0 radical (unpaired) electrons. The van der Waals surface area contributed by atoms with Crippen LogP contribution in [0.25, 0.3) is 0 Å². The maximum absolute atomic E-state index is 12.7. The van der Waals surface area contributed by atoms with Gasteiger partial charge in [0.1, 0.15) is 5.75 Å². The van der Waals surface area contributed by atoms with Crippen LogP contribution < -0.4 is 14.5 Å². The fraction of sp³-hybridized carbons (Fsp3) is 0.435. The van der Waals surface area contributed by atoms with E-state index in [-0.39, 0.29) is 5.91 Å². The van der Waals surface area contributed by atoms with Crippen LogP contribution in [0.3, 0.4) is 0 Å². The van der Waals surface area contributed by atoms with Crippen molar-refractivity contribution in [2.24, 2.45) is 0 Å². The van der Waals surface area contributed by atoms with Gasteiger partial charge in [-0.25, -0.2) is 0 Å². The molecular weight excluding hydrogens is 350 g/mol. The highest BCUT2D eigenvalue weighted by molar-refractivity contribution is 5.76. The van der Waals surface area contributed by atoms with Crippen LogP contribution >= 0.6 is 0 Å². The number of rotatable bonds is 6. The number of quaternary nitrogens is 1. The predicted molar refractivity (Wildman–Crippen MR) is 113 cm³/mol. The summed E-state index contributed by atoms with van der Waals surface area (Å²) in [6, 6.07) is 14.6. The summed E-state index contributed by atoms with van der Waals surface area (Å²) in [5.41, 5.74) is 4.95. The van der Waals surface area contributed by atoms with Crippen LogP contribution in [0.5, 0.6) is 5.75 Å². The van der Waals surface area contributed by atoms with Crippen LogP contribution in [0.1, 0.15) is 16.7 Å². The highest BCUT2D eigenvalue weighted by Gasteiger charge is 2.24. The molecule has 1 amide bonds. The number of hydrogen-bond acceptors (Lipinski definition) is 3. The van der Waals surface area contributed by atoms with Crippen LogP contribution in [0.2, 0.25) is 0 Å². The van der Waals surface area contributed by atoms with Crippen molar-refractivity contribution in [1.82, 2.24) is 4.90 Å². The van der Waals surface area contributed by atoms with Crippen molar-refractivity contribution >= 4 is 11.6 Å². The minimum Gasteiger partial charge on any atom is -0.497 e. The molecule has 0 spiro atoms. The van der Waals surface area contributed by atoms with E-state index in [0.29, 0.717) is 13.1 Å². The molecule has 1 N–H and O–H groups in total. The molecule has 5 heteroatoms. The Labute approximate surface area is 168 Å². The summed E-state index contributed by atoms with van der Waals surface area (Å²) in [6.07, 6.45) is 0. The summed E-state index contributed by atoms with van der Waals surface area (Å²) < 4.78 is 5.23. The van der Waals surface area contributed by atoms with Crippen LogP contribution in [0.15, 0.2) is 42.5 Å². The summed E-state index contributed by atoms with van der Waals surface area (Å²) in [5.74, 6) is 1.10. The van der Waals surface area contributed by atoms with E-state index < -0.39 is 0 Å². The number of hydrogen-bond donors (Lipinski definition) is 1. The number of carbonyl (C=O) groups excluding carboxylic acids is 1. The summed E-state index contributed by atoms with van der Waals surface area (Å²) in [5, 5.41) is 0. The van der Waals surface area contributed by atoms with E-state index in [9.17, 15) is 4.79 Å². The molecule has 1 saturated heterocycles. The van der Waals surface area contributed by atoms with E-state index in [1.807, 2.05) is 24.1 Å². The van der Waals surface area contributed by atoms with Gasteiger partial charge in [0.25, 0.3) is 5.91 Å². The third-order valence-electron chi connectivity index (χ3n) is 5.64. The SMILES string of the molecule is COc1ccc(N2CC[NH+](CC(=O)N(C)Cc3ccc(C)cc3C)CC2)cc1. The minimum atomic E-state index is 0.216. The topological polar surface area (TPSA) is 37.2 Å². The zero-order chi connectivity index (χ0) is 20.1. The monoisotopic (exact) mass is 382 g/mol. The Bertz CT molecular complexity index is 796. The average molecular weight is 383 g/mol. The number of nitrogens with one attached hydrogen (secondary N) is 1. The Morgan fingerprint density at radius 1 is 1.11 bits per heavy atom. The van der Waals surface area contributed by atoms with Crippen LogP contribution in [0, 0.1) is 13.8 Å². The van der Waals surface area contributed by atoms with Gasteiger partial charge in [0.05, 0.1) is 33.3 Å². The number of amides is 1. The first-order chi connectivity index (χ1) is 13.5. The van der Waals surface area contributed by atoms with E-state index in [2.05, 4.69) is 49.1 Å². The number of anilines is 1. The molecule has 5 nitrogen and oxygen atoms in total. The third kappa shape index (κ3) is 5.04. The molecule has 0 saturated carbocycles. The number of aryl methyl sites for hydroxylation is 2. The summed E-state index contributed by atoms with van der Waals surface area (Å²) in [6.45, 7) is 9.36. The zero-order valence-corrected chi connectivity index (χ0v) is 17.5. The predicted octanol–water partition coefficient (Wildman–Crippen LogP) is 1.68. The molecule has 2 aromatic carbocycles. The summed E-state index contributed by atoms with van der Waals surface area (Å²) in [7, 11) is 3.60. The lowest BCUT2D eigenvalue weighted by Gasteiger charge is -2.34. The highest BCUT2D eigenvalue weighted by Crippen LogP contribution is 2.19. The highest BCUT2D eigenvalue weighted by atomic mass is 16.5. The van der Waals surface area contributed by atoms with Gasteiger partial charge < -0.3 is 19.4 Å². The molecule has 0 atom stereocenters. The molecule has 0 aliphatic carbocycles. The molecule has 1 aliphatic heterocycles. The first-order valence-electron chi connectivity index (χ1n) is 9.99. The lowest BCUT2D eigenvalue weighted by atomic mass is 10.1. The standard InChI is InChI=1S/C23H31N3O2/c1-18-5-6-20(19(2)15-18)16-24(3)23(27)17-25-11-13-26(14-12-25)21-7-9-22(28-4)10-8-21/h5-10,15H,11-14,16-17H2,1-4H3/p+1. The fourth-order valence-electron chi connectivity index (χ4n) is 3.77. The van der Waals surface area contributed by atoms with Crippen LogP contribution in [-0.2, 0) is 11.3 Å². The van der Waals surface area contributed by atoms with Gasteiger partial charge in [0, 0.05) is 19.3 Å². The van der Waals surface area contributed by atoms with Crippen LogP contribution in [0.4, 0.5) is 5.69 Å². The second-order valence-electron chi connectivity index (χ2n) is 7.79. The number of likely N-dealkylation sites (N-methyl/N-ethyl adjacent to an activating group) is 1. The molecule has 28 heavy (non-hydrogen) atoms. The normalized spacial score (nSPS) is 14.8. The fourth-order valence-corrected chi connectivity index (χ4v) is 3.77. The molecule has 0 aromatic heterocycles. The summed E-state index contributed by atoms with van der Waals surface area (Å²) in [4.78, 5) is 18.3. The van der Waals surface area contributed by atoms with Crippen molar-refractivity contribution in [3.05, 3.63) is 59.2 Å². The molecular formula is C23H32N3O2+. The summed E-state index contributed by atoms with van der Waals surface area (Å²) >= 11 is 0. The quantitative estimate of drug-likeness (QED) is 0.826. The molecule has 150 valence electrons. The largest absolute Gasteiger partial charge is 0.497 e. The number of nitrogens with zero attached hydrogens (tertiary/aromatic N) is 2. The molecule has 1 aliphatic rings. The molecule has 1 heterocycles. The third-order valence-corrected chi connectivity index (χ3v) is 5.64. The maximum Gasteiger partial charge on any atom is 0.277 e. The van der Waals surface area contributed by atoms with E-state index in [1.165, 1.54) is 27.3 Å².